The summed E-state index contributed by atoms with van der Waals surface area (Å²) in [4.78, 5) is 0. The van der Waals surface area contributed by atoms with E-state index >= 15 is 0 Å². The van der Waals surface area contributed by atoms with Crippen molar-refractivity contribution in [2.24, 2.45) is 7.05 Å². The Morgan fingerprint density at radius 3 is 2.27 bits per heavy atom. The molecule has 0 spiro atoms. The van der Waals surface area contributed by atoms with Crippen LogP contribution in [0, 0.1) is 20.8 Å². The first kappa shape index (κ1) is 13.1. The molecule has 0 fully saturated rings. The van der Waals surface area contributed by atoms with Crippen LogP contribution in [0.4, 0.5) is 0 Å². The average molecular weight is 289 g/mol. The van der Waals surface area contributed by atoms with Crippen LogP contribution < -0.4 is 0 Å². The minimum Gasteiger partial charge on any atom is -0.351 e. The summed E-state index contributed by atoms with van der Waals surface area (Å²) in [5.74, 6) is 0. The van der Waals surface area contributed by atoms with Gasteiger partial charge in [0.1, 0.15) is 0 Å². The average Bonchev–Trinajstić information content (AvgIpc) is 3.04. The maximum Gasteiger partial charge on any atom is 0.0749 e. The van der Waals surface area contributed by atoms with Crippen molar-refractivity contribution in [2.75, 3.05) is 0 Å². The van der Waals surface area contributed by atoms with Crippen molar-refractivity contribution in [3.8, 4) is 11.1 Å². The van der Waals surface area contributed by atoms with Crippen molar-refractivity contribution >= 4 is 16.3 Å². The van der Waals surface area contributed by atoms with E-state index in [-0.39, 0.29) is 0 Å². The van der Waals surface area contributed by atoms with E-state index in [1.165, 1.54) is 38.8 Å². The highest BCUT2D eigenvalue weighted by Gasteiger charge is 2.16. The highest BCUT2D eigenvalue weighted by atomic mass is 15.2. The van der Waals surface area contributed by atoms with Gasteiger partial charge in [0.2, 0.25) is 0 Å². The predicted octanol–water partition coefficient (Wildman–Crippen LogP) is 4.42. The topological polar surface area (TPSA) is 22.2 Å². The van der Waals surface area contributed by atoms with Gasteiger partial charge in [-0.05, 0) is 32.4 Å². The van der Waals surface area contributed by atoms with Crippen LogP contribution in [0.15, 0.2) is 42.6 Å². The van der Waals surface area contributed by atoms with Gasteiger partial charge in [-0.25, -0.2) is 4.52 Å². The molecule has 0 atom stereocenters. The minimum atomic E-state index is 1.08. The molecule has 0 bridgehead atoms. The smallest absolute Gasteiger partial charge is 0.0749 e. The summed E-state index contributed by atoms with van der Waals surface area (Å²) in [7, 11) is 2.13. The summed E-state index contributed by atoms with van der Waals surface area (Å²) in [5, 5.41) is 7.37. The van der Waals surface area contributed by atoms with Gasteiger partial charge in [0, 0.05) is 41.0 Å². The first-order valence-electron chi connectivity index (χ1n) is 7.58. The zero-order valence-corrected chi connectivity index (χ0v) is 13.4. The molecule has 1 aromatic carbocycles. The van der Waals surface area contributed by atoms with Gasteiger partial charge in [-0.3, -0.25) is 0 Å². The number of fused-ring (bicyclic) bond motifs is 3. The summed E-state index contributed by atoms with van der Waals surface area (Å²) in [6.07, 6.45) is 2.12. The zero-order valence-electron chi connectivity index (χ0n) is 13.4. The molecule has 0 radical (unpaired) electrons. The highest BCUT2D eigenvalue weighted by Crippen LogP contribution is 2.33. The lowest BCUT2D eigenvalue weighted by Crippen LogP contribution is -1.94. The number of benzene rings is 1. The number of hydrogen-bond acceptors (Lipinski definition) is 1. The van der Waals surface area contributed by atoms with Crippen LogP contribution in [0.2, 0.25) is 0 Å². The third kappa shape index (κ3) is 1.65. The third-order valence-electron chi connectivity index (χ3n) is 4.76. The van der Waals surface area contributed by atoms with Crippen LogP contribution in [0.25, 0.3) is 27.4 Å². The monoisotopic (exact) mass is 289 g/mol. The number of hydrogen-bond donors (Lipinski definition) is 0. The normalized spacial score (nSPS) is 11.6. The number of aryl methyl sites for hydroxylation is 3. The van der Waals surface area contributed by atoms with E-state index in [2.05, 4.69) is 68.9 Å². The molecule has 0 aliphatic carbocycles. The van der Waals surface area contributed by atoms with Crippen LogP contribution in [0.3, 0.4) is 0 Å². The first-order chi connectivity index (χ1) is 10.6. The third-order valence-corrected chi connectivity index (χ3v) is 4.76. The Hall–Kier alpha value is -2.55. The van der Waals surface area contributed by atoms with Crippen LogP contribution in [-0.4, -0.2) is 14.2 Å². The van der Waals surface area contributed by atoms with E-state index < -0.39 is 0 Å². The van der Waals surface area contributed by atoms with Gasteiger partial charge >= 0.3 is 0 Å². The van der Waals surface area contributed by atoms with Crippen LogP contribution in [-0.2, 0) is 7.05 Å². The van der Waals surface area contributed by atoms with Crippen molar-refractivity contribution in [2.45, 2.75) is 20.8 Å². The van der Waals surface area contributed by atoms with Gasteiger partial charge in [-0.15, -0.1) is 0 Å². The fourth-order valence-corrected chi connectivity index (χ4v) is 3.43. The fraction of sp³-hybridized carbons (Fsp3) is 0.211. The Kier molecular flexibility index (Phi) is 2.67. The van der Waals surface area contributed by atoms with Gasteiger partial charge < -0.3 is 4.57 Å². The van der Waals surface area contributed by atoms with Gasteiger partial charge in [0.05, 0.1) is 11.2 Å². The molecule has 0 saturated heterocycles. The molecule has 0 unspecified atom stereocenters. The van der Waals surface area contributed by atoms with E-state index in [1.54, 1.807) is 0 Å². The lowest BCUT2D eigenvalue weighted by Gasteiger charge is -2.01. The summed E-state index contributed by atoms with van der Waals surface area (Å²) >= 11 is 0. The molecule has 4 aromatic rings. The Balaban J connectivity index is 2.13. The zero-order chi connectivity index (χ0) is 15.4. The van der Waals surface area contributed by atoms with Gasteiger partial charge in [-0.1, -0.05) is 30.3 Å². The quantitative estimate of drug-likeness (QED) is 0.508. The fourth-order valence-electron chi connectivity index (χ4n) is 3.43. The summed E-state index contributed by atoms with van der Waals surface area (Å²) in [6, 6.07) is 12.7. The molecule has 0 aliphatic rings. The molecule has 4 rings (SSSR count). The lowest BCUT2D eigenvalue weighted by atomic mass is 10.1. The highest BCUT2D eigenvalue weighted by molar-refractivity contribution is 6.02. The molecule has 22 heavy (non-hydrogen) atoms. The van der Waals surface area contributed by atoms with E-state index in [0.717, 1.165) is 5.69 Å². The molecular weight excluding hydrogens is 270 g/mol. The van der Waals surface area contributed by atoms with Crippen LogP contribution in [0.1, 0.15) is 17.1 Å². The van der Waals surface area contributed by atoms with E-state index in [4.69, 9.17) is 5.10 Å². The lowest BCUT2D eigenvalue weighted by molar-refractivity contribution is 0.851. The Labute approximate surface area is 129 Å². The van der Waals surface area contributed by atoms with Crippen molar-refractivity contribution in [3.05, 3.63) is 59.7 Å². The summed E-state index contributed by atoms with van der Waals surface area (Å²) < 4.78 is 4.28. The van der Waals surface area contributed by atoms with E-state index in [0.29, 0.717) is 0 Å². The maximum absolute atomic E-state index is 4.77. The van der Waals surface area contributed by atoms with Gasteiger partial charge in [-0.2, -0.15) is 5.10 Å². The number of nitrogens with zero attached hydrogens (tertiary/aromatic N) is 3. The van der Waals surface area contributed by atoms with Crippen LogP contribution in [0.5, 0.6) is 0 Å². The molecular formula is C19H19N3. The molecule has 0 saturated carbocycles. The Bertz CT molecular complexity index is 1000. The van der Waals surface area contributed by atoms with Gasteiger partial charge in [0.25, 0.3) is 0 Å². The minimum absolute atomic E-state index is 1.08. The van der Waals surface area contributed by atoms with E-state index in [1.807, 2.05) is 10.6 Å². The predicted molar refractivity (Wildman–Crippen MR) is 91.3 cm³/mol. The first-order valence-corrected chi connectivity index (χ1v) is 7.58. The molecule has 0 amide bonds. The van der Waals surface area contributed by atoms with Crippen molar-refractivity contribution in [1.82, 2.24) is 14.2 Å². The van der Waals surface area contributed by atoms with E-state index in [9.17, 15) is 0 Å². The summed E-state index contributed by atoms with van der Waals surface area (Å²) in [5.41, 5.74) is 7.27. The molecule has 3 heteroatoms. The molecule has 0 aliphatic heterocycles. The number of rotatable bonds is 1. The molecule has 0 N–H and O–H groups in total. The maximum atomic E-state index is 4.77. The molecule has 110 valence electrons. The SMILES string of the molecule is Cc1nn2cc(-c3ccccc3)cc2c2c(C)n(C)c(C)c12. The second-order valence-corrected chi connectivity index (χ2v) is 5.99. The van der Waals surface area contributed by atoms with Crippen molar-refractivity contribution in [1.29, 1.82) is 0 Å². The largest absolute Gasteiger partial charge is 0.351 e. The standard InChI is InChI=1S/C19H19N3/c1-12-18-13(2)21(4)14(3)19(18)17-10-16(11-22(17)20-12)15-8-6-5-7-9-15/h5-11H,1-4H3. The second-order valence-electron chi connectivity index (χ2n) is 5.99. The van der Waals surface area contributed by atoms with Gasteiger partial charge in [0.15, 0.2) is 0 Å². The number of aromatic nitrogens is 3. The molecule has 3 aromatic heterocycles. The molecule has 3 nitrogen and oxygen atoms in total. The molecule has 3 heterocycles. The van der Waals surface area contributed by atoms with Crippen LogP contribution >= 0.6 is 0 Å². The Morgan fingerprint density at radius 1 is 0.864 bits per heavy atom. The van der Waals surface area contributed by atoms with Crippen molar-refractivity contribution in [3.63, 3.8) is 0 Å². The van der Waals surface area contributed by atoms with Crippen molar-refractivity contribution < 1.29 is 0 Å². The summed E-state index contributed by atoms with van der Waals surface area (Å²) in [6.45, 7) is 6.45. The second kappa shape index (κ2) is 4.47. The Morgan fingerprint density at radius 2 is 1.55 bits per heavy atom.